The van der Waals surface area contributed by atoms with Gasteiger partial charge in [0, 0.05) is 49.8 Å². The fourth-order valence-electron chi connectivity index (χ4n) is 3.68. The molecule has 2 heterocycles. The van der Waals surface area contributed by atoms with Crippen LogP contribution in [-0.2, 0) is 16.0 Å². The van der Waals surface area contributed by atoms with Crippen LogP contribution in [-0.4, -0.2) is 46.3 Å². The topological polar surface area (TPSA) is 78.1 Å². The Morgan fingerprint density at radius 1 is 1.17 bits per heavy atom. The Labute approximate surface area is 137 Å². The molecule has 0 bridgehead atoms. The summed E-state index contributed by atoms with van der Waals surface area (Å²) in [6.07, 6.45) is 10.2. The predicted molar refractivity (Wildman–Crippen MR) is 86.6 cm³/mol. The zero-order chi connectivity index (χ0) is 16.1. The van der Waals surface area contributed by atoms with Gasteiger partial charge < -0.3 is 15.2 Å². The highest BCUT2D eigenvalue weighted by Crippen LogP contribution is 2.28. The summed E-state index contributed by atoms with van der Waals surface area (Å²) in [5.74, 6) is 0.734. The zero-order valence-corrected chi connectivity index (χ0v) is 13.6. The summed E-state index contributed by atoms with van der Waals surface area (Å²) in [5, 5.41) is 3.00. The molecule has 0 unspecified atom stereocenters. The van der Waals surface area contributed by atoms with Crippen LogP contribution in [0.1, 0.15) is 44.2 Å². The van der Waals surface area contributed by atoms with Crippen molar-refractivity contribution in [1.82, 2.24) is 20.2 Å². The largest absolute Gasteiger partial charge is 0.355 e. The number of nitrogens with one attached hydrogen (secondary N) is 2. The lowest BCUT2D eigenvalue weighted by Crippen LogP contribution is -2.45. The van der Waals surface area contributed by atoms with Gasteiger partial charge in [-0.25, -0.2) is 4.98 Å². The highest BCUT2D eigenvalue weighted by atomic mass is 16.2. The maximum Gasteiger partial charge on any atom is 0.225 e. The molecule has 2 N–H and O–H groups in total. The van der Waals surface area contributed by atoms with Crippen LogP contribution in [0.3, 0.4) is 0 Å². The van der Waals surface area contributed by atoms with E-state index in [2.05, 4.69) is 15.3 Å². The Morgan fingerprint density at radius 3 is 2.57 bits per heavy atom. The predicted octanol–water partition coefficient (Wildman–Crippen LogP) is 1.50. The molecule has 2 amide bonds. The number of carbonyl (C=O) groups is 2. The molecule has 1 aliphatic carbocycles. The van der Waals surface area contributed by atoms with E-state index in [1.54, 1.807) is 12.5 Å². The maximum atomic E-state index is 12.4. The maximum absolute atomic E-state index is 12.4. The van der Waals surface area contributed by atoms with Gasteiger partial charge in [0.2, 0.25) is 11.8 Å². The Balaban J connectivity index is 1.37. The number of likely N-dealkylation sites (tertiary alicyclic amines) is 1. The lowest BCUT2D eigenvalue weighted by Gasteiger charge is -2.33. The fourth-order valence-corrected chi connectivity index (χ4v) is 3.68. The van der Waals surface area contributed by atoms with Crippen molar-refractivity contribution < 1.29 is 9.59 Å². The van der Waals surface area contributed by atoms with Crippen molar-refractivity contribution in [1.29, 1.82) is 0 Å². The molecule has 23 heavy (non-hydrogen) atoms. The molecular formula is C17H26N4O2. The lowest BCUT2D eigenvalue weighted by atomic mass is 9.94. The number of nitrogens with zero attached hydrogens (tertiary/aromatic N) is 2. The summed E-state index contributed by atoms with van der Waals surface area (Å²) in [6, 6.07) is 0. The van der Waals surface area contributed by atoms with Gasteiger partial charge >= 0.3 is 0 Å². The number of rotatable bonds is 5. The van der Waals surface area contributed by atoms with Gasteiger partial charge in [-0.05, 0) is 25.7 Å². The molecule has 6 heteroatoms. The second kappa shape index (κ2) is 7.62. The van der Waals surface area contributed by atoms with E-state index in [1.807, 2.05) is 4.90 Å². The summed E-state index contributed by atoms with van der Waals surface area (Å²) in [6.45, 7) is 2.09. The van der Waals surface area contributed by atoms with E-state index in [0.717, 1.165) is 50.9 Å². The summed E-state index contributed by atoms with van der Waals surface area (Å²) in [7, 11) is 0. The van der Waals surface area contributed by atoms with E-state index >= 15 is 0 Å². The molecule has 6 nitrogen and oxygen atoms in total. The molecule has 2 fully saturated rings. The van der Waals surface area contributed by atoms with E-state index in [4.69, 9.17) is 0 Å². The summed E-state index contributed by atoms with van der Waals surface area (Å²) in [5.41, 5.74) is 1.03. The van der Waals surface area contributed by atoms with Crippen LogP contribution in [0.4, 0.5) is 0 Å². The molecule has 0 aromatic carbocycles. The highest BCUT2D eigenvalue weighted by molar-refractivity contribution is 5.81. The monoisotopic (exact) mass is 318 g/mol. The summed E-state index contributed by atoms with van der Waals surface area (Å²) >= 11 is 0. The van der Waals surface area contributed by atoms with Gasteiger partial charge in [-0.15, -0.1) is 0 Å². The molecule has 1 saturated heterocycles. The van der Waals surface area contributed by atoms with Crippen LogP contribution >= 0.6 is 0 Å². The number of amides is 2. The highest BCUT2D eigenvalue weighted by Gasteiger charge is 2.31. The van der Waals surface area contributed by atoms with Gasteiger partial charge in [0.05, 0.1) is 6.33 Å². The normalized spacial score (nSPS) is 19.9. The number of hydrogen-bond acceptors (Lipinski definition) is 3. The Hall–Kier alpha value is -1.85. The Bertz CT molecular complexity index is 515. The average Bonchev–Trinajstić information content (AvgIpc) is 3.28. The number of aromatic nitrogens is 2. The molecule has 0 atom stereocenters. The molecule has 2 aliphatic rings. The number of aromatic amines is 1. The van der Waals surface area contributed by atoms with Gasteiger partial charge in [0.1, 0.15) is 0 Å². The quantitative estimate of drug-likeness (QED) is 0.863. The Morgan fingerprint density at radius 2 is 1.91 bits per heavy atom. The number of H-pyrrole nitrogens is 1. The van der Waals surface area contributed by atoms with E-state index in [9.17, 15) is 9.59 Å². The molecule has 1 saturated carbocycles. The molecule has 3 rings (SSSR count). The minimum absolute atomic E-state index is 0.0457. The first-order chi connectivity index (χ1) is 11.2. The van der Waals surface area contributed by atoms with Gasteiger partial charge in [0.15, 0.2) is 0 Å². The van der Waals surface area contributed by atoms with Crippen molar-refractivity contribution in [3.63, 3.8) is 0 Å². The molecule has 126 valence electrons. The van der Waals surface area contributed by atoms with Crippen molar-refractivity contribution >= 4 is 11.8 Å². The van der Waals surface area contributed by atoms with E-state index in [-0.39, 0.29) is 17.7 Å². The third-order valence-electron chi connectivity index (χ3n) is 5.13. The molecule has 0 spiro atoms. The second-order valence-electron chi connectivity index (χ2n) is 6.70. The van der Waals surface area contributed by atoms with Crippen molar-refractivity contribution in [3.05, 3.63) is 18.2 Å². The van der Waals surface area contributed by atoms with Crippen molar-refractivity contribution in [3.8, 4) is 0 Å². The smallest absolute Gasteiger partial charge is 0.225 e. The first kappa shape index (κ1) is 16.0. The van der Waals surface area contributed by atoms with Crippen molar-refractivity contribution in [2.24, 2.45) is 11.8 Å². The number of hydrogen-bond donors (Lipinski definition) is 2. The van der Waals surface area contributed by atoms with Crippen LogP contribution in [0, 0.1) is 11.8 Å². The SMILES string of the molecule is O=C(NCCc1cnc[nH]1)C1CCN(C(=O)C2CCCC2)CC1. The first-order valence-electron chi connectivity index (χ1n) is 8.78. The van der Waals surface area contributed by atoms with Crippen molar-refractivity contribution in [2.45, 2.75) is 44.9 Å². The van der Waals surface area contributed by atoms with Gasteiger partial charge in [-0.2, -0.15) is 0 Å². The van der Waals surface area contributed by atoms with Crippen LogP contribution in [0.25, 0.3) is 0 Å². The van der Waals surface area contributed by atoms with E-state index in [1.165, 1.54) is 12.8 Å². The molecule has 1 aliphatic heterocycles. The third kappa shape index (κ3) is 4.12. The molecule has 1 aromatic rings. The average molecular weight is 318 g/mol. The minimum atomic E-state index is 0.0457. The van der Waals surface area contributed by atoms with Crippen molar-refractivity contribution in [2.75, 3.05) is 19.6 Å². The van der Waals surface area contributed by atoms with E-state index in [0.29, 0.717) is 12.5 Å². The first-order valence-corrected chi connectivity index (χ1v) is 8.78. The number of piperidine rings is 1. The van der Waals surface area contributed by atoms with Crippen LogP contribution in [0.15, 0.2) is 12.5 Å². The Kier molecular flexibility index (Phi) is 5.31. The third-order valence-corrected chi connectivity index (χ3v) is 5.13. The summed E-state index contributed by atoms with van der Waals surface area (Å²) < 4.78 is 0. The van der Waals surface area contributed by atoms with Gasteiger partial charge in [0.25, 0.3) is 0 Å². The fraction of sp³-hybridized carbons (Fsp3) is 0.706. The number of carbonyl (C=O) groups excluding carboxylic acids is 2. The van der Waals surface area contributed by atoms with Gasteiger partial charge in [-0.1, -0.05) is 12.8 Å². The standard InChI is InChI=1S/C17H26N4O2/c22-16(19-8-5-15-11-18-12-20-15)13-6-9-21(10-7-13)17(23)14-3-1-2-4-14/h11-14H,1-10H2,(H,18,20)(H,19,22). The molecule has 0 radical (unpaired) electrons. The molecule has 1 aromatic heterocycles. The van der Waals surface area contributed by atoms with Crippen LogP contribution in [0.5, 0.6) is 0 Å². The zero-order valence-electron chi connectivity index (χ0n) is 13.6. The van der Waals surface area contributed by atoms with Gasteiger partial charge in [-0.3, -0.25) is 9.59 Å². The van der Waals surface area contributed by atoms with Crippen LogP contribution in [0.2, 0.25) is 0 Å². The minimum Gasteiger partial charge on any atom is -0.355 e. The van der Waals surface area contributed by atoms with E-state index < -0.39 is 0 Å². The summed E-state index contributed by atoms with van der Waals surface area (Å²) in [4.78, 5) is 33.6. The number of imidazole rings is 1. The lowest BCUT2D eigenvalue weighted by molar-refractivity contribution is -0.139. The second-order valence-corrected chi connectivity index (χ2v) is 6.70. The van der Waals surface area contributed by atoms with Crippen LogP contribution < -0.4 is 5.32 Å². The molecular weight excluding hydrogens is 292 g/mol.